The van der Waals surface area contributed by atoms with Crippen molar-refractivity contribution in [3.63, 3.8) is 0 Å². The summed E-state index contributed by atoms with van der Waals surface area (Å²) in [5, 5.41) is 4.64. The smallest absolute Gasteiger partial charge is 0.135 e. The van der Waals surface area contributed by atoms with Crippen LogP contribution in [-0.2, 0) is 0 Å². The predicted molar refractivity (Wildman–Crippen MR) is 83.2 cm³/mol. The summed E-state index contributed by atoms with van der Waals surface area (Å²) >= 11 is 1.89. The minimum Gasteiger partial charge on any atom is -0.370 e. The fourth-order valence-electron chi connectivity index (χ4n) is 1.91. The van der Waals surface area contributed by atoms with Gasteiger partial charge in [0.1, 0.15) is 16.7 Å². The highest BCUT2D eigenvalue weighted by Gasteiger charge is 2.28. The molecule has 4 heteroatoms. The molecule has 1 aromatic heterocycles. The number of anilines is 1. The van der Waals surface area contributed by atoms with Crippen molar-refractivity contribution >= 4 is 17.6 Å². The molecule has 1 aliphatic carbocycles. The molecule has 0 bridgehead atoms. The molecule has 1 saturated carbocycles. The van der Waals surface area contributed by atoms with Gasteiger partial charge in [-0.1, -0.05) is 20.3 Å². The molecule has 1 aliphatic rings. The van der Waals surface area contributed by atoms with E-state index in [-0.39, 0.29) is 0 Å². The first-order chi connectivity index (χ1) is 9.26. The molecule has 0 unspecified atom stereocenters. The van der Waals surface area contributed by atoms with Gasteiger partial charge in [0, 0.05) is 18.0 Å². The van der Waals surface area contributed by atoms with Crippen molar-refractivity contribution in [3.8, 4) is 0 Å². The molecule has 0 spiro atoms. The Morgan fingerprint density at radius 3 is 2.63 bits per heavy atom. The molecule has 0 atom stereocenters. The third-order valence-corrected chi connectivity index (χ3v) is 4.50. The average Bonchev–Trinajstić information content (AvgIpc) is 3.24. The minimum atomic E-state index is 0.619. The molecule has 0 aromatic carbocycles. The first kappa shape index (κ1) is 14.6. The molecule has 0 saturated heterocycles. The van der Waals surface area contributed by atoms with E-state index in [1.165, 1.54) is 36.3 Å². The Balaban J connectivity index is 2.16. The van der Waals surface area contributed by atoms with Crippen molar-refractivity contribution in [2.24, 2.45) is 0 Å². The SMILES string of the molecule is CCCCSc1nc(C2CC2)nc(NCCC)c1C. The number of hydrogen-bond donors (Lipinski definition) is 1. The Morgan fingerprint density at radius 2 is 2.00 bits per heavy atom. The number of rotatable bonds is 8. The minimum absolute atomic E-state index is 0.619. The Morgan fingerprint density at radius 1 is 1.21 bits per heavy atom. The number of aromatic nitrogens is 2. The van der Waals surface area contributed by atoms with E-state index < -0.39 is 0 Å². The molecule has 1 fully saturated rings. The van der Waals surface area contributed by atoms with Crippen molar-refractivity contribution in [2.75, 3.05) is 17.6 Å². The topological polar surface area (TPSA) is 37.8 Å². The molecule has 19 heavy (non-hydrogen) atoms. The number of thioether (sulfide) groups is 1. The van der Waals surface area contributed by atoms with Crippen LogP contribution in [0.25, 0.3) is 0 Å². The van der Waals surface area contributed by atoms with Crippen molar-refractivity contribution in [1.29, 1.82) is 0 Å². The lowest BCUT2D eigenvalue weighted by Crippen LogP contribution is -2.08. The van der Waals surface area contributed by atoms with Gasteiger partial charge in [-0.2, -0.15) is 0 Å². The number of hydrogen-bond acceptors (Lipinski definition) is 4. The summed E-state index contributed by atoms with van der Waals surface area (Å²) in [6.45, 7) is 7.55. The van der Waals surface area contributed by atoms with Crippen LogP contribution < -0.4 is 5.32 Å². The zero-order chi connectivity index (χ0) is 13.7. The Labute approximate surface area is 121 Å². The zero-order valence-corrected chi connectivity index (χ0v) is 13.1. The maximum atomic E-state index is 4.79. The third kappa shape index (κ3) is 4.10. The molecule has 1 N–H and O–H groups in total. The van der Waals surface area contributed by atoms with E-state index in [1.807, 2.05) is 11.8 Å². The van der Waals surface area contributed by atoms with E-state index in [0.717, 1.165) is 30.4 Å². The molecule has 106 valence electrons. The second-order valence-corrected chi connectivity index (χ2v) is 6.35. The molecule has 2 rings (SSSR count). The molecule has 1 aromatic rings. The summed E-state index contributed by atoms with van der Waals surface area (Å²) in [6, 6.07) is 0. The van der Waals surface area contributed by atoms with E-state index in [2.05, 4.69) is 26.1 Å². The summed E-state index contributed by atoms with van der Waals surface area (Å²) in [4.78, 5) is 9.51. The van der Waals surface area contributed by atoms with Gasteiger partial charge in [-0.15, -0.1) is 11.8 Å². The lowest BCUT2D eigenvalue weighted by Gasteiger charge is -2.13. The van der Waals surface area contributed by atoms with Crippen LogP contribution >= 0.6 is 11.8 Å². The second-order valence-electron chi connectivity index (χ2n) is 5.26. The molecular weight excluding hydrogens is 254 g/mol. The summed E-state index contributed by atoms with van der Waals surface area (Å²) in [7, 11) is 0. The standard InChI is InChI=1S/C15H25N3S/c1-4-6-10-19-15-11(3)13(16-9-5-2)17-14(18-15)12-7-8-12/h12H,4-10H2,1-3H3,(H,16,17,18). The van der Waals surface area contributed by atoms with Gasteiger partial charge in [-0.3, -0.25) is 0 Å². The van der Waals surface area contributed by atoms with Crippen LogP contribution in [0.15, 0.2) is 5.03 Å². The van der Waals surface area contributed by atoms with Gasteiger partial charge >= 0.3 is 0 Å². The van der Waals surface area contributed by atoms with Gasteiger partial charge in [0.25, 0.3) is 0 Å². The van der Waals surface area contributed by atoms with Gasteiger partial charge in [-0.25, -0.2) is 9.97 Å². The Hall–Kier alpha value is -0.770. The van der Waals surface area contributed by atoms with Gasteiger partial charge < -0.3 is 5.32 Å². The van der Waals surface area contributed by atoms with Crippen molar-refractivity contribution < 1.29 is 0 Å². The van der Waals surface area contributed by atoms with E-state index in [0.29, 0.717) is 5.92 Å². The monoisotopic (exact) mass is 279 g/mol. The number of nitrogens with zero attached hydrogens (tertiary/aromatic N) is 2. The van der Waals surface area contributed by atoms with Crippen LogP contribution in [0.4, 0.5) is 5.82 Å². The maximum Gasteiger partial charge on any atom is 0.135 e. The van der Waals surface area contributed by atoms with Crippen LogP contribution in [0.5, 0.6) is 0 Å². The van der Waals surface area contributed by atoms with Crippen LogP contribution in [0.2, 0.25) is 0 Å². The summed E-state index contributed by atoms with van der Waals surface area (Å²) in [5.41, 5.74) is 1.22. The van der Waals surface area contributed by atoms with Crippen molar-refractivity contribution in [1.82, 2.24) is 9.97 Å². The first-order valence-corrected chi connectivity index (χ1v) is 8.50. The van der Waals surface area contributed by atoms with Crippen LogP contribution in [0.1, 0.15) is 63.3 Å². The lowest BCUT2D eigenvalue weighted by molar-refractivity contribution is 0.848. The summed E-state index contributed by atoms with van der Waals surface area (Å²) < 4.78 is 0. The van der Waals surface area contributed by atoms with E-state index in [1.54, 1.807) is 0 Å². The highest BCUT2D eigenvalue weighted by atomic mass is 32.2. The Kier molecular flexibility index (Phi) is 5.49. The third-order valence-electron chi connectivity index (χ3n) is 3.34. The normalized spacial score (nSPS) is 14.7. The fourth-order valence-corrected chi connectivity index (χ4v) is 3.00. The predicted octanol–water partition coefficient (Wildman–Crippen LogP) is 4.38. The first-order valence-electron chi connectivity index (χ1n) is 7.51. The highest BCUT2D eigenvalue weighted by molar-refractivity contribution is 7.99. The second kappa shape index (κ2) is 7.13. The van der Waals surface area contributed by atoms with Gasteiger partial charge in [0.05, 0.1) is 0 Å². The van der Waals surface area contributed by atoms with E-state index in [4.69, 9.17) is 9.97 Å². The van der Waals surface area contributed by atoms with Crippen molar-refractivity contribution in [2.45, 2.75) is 63.8 Å². The lowest BCUT2D eigenvalue weighted by atomic mass is 10.3. The van der Waals surface area contributed by atoms with E-state index in [9.17, 15) is 0 Å². The summed E-state index contributed by atoms with van der Waals surface area (Å²) in [5.74, 6) is 3.89. The fraction of sp³-hybridized carbons (Fsp3) is 0.733. The molecular formula is C15H25N3S. The molecule has 1 heterocycles. The largest absolute Gasteiger partial charge is 0.370 e. The van der Waals surface area contributed by atoms with E-state index >= 15 is 0 Å². The van der Waals surface area contributed by atoms with Gasteiger partial charge in [0.2, 0.25) is 0 Å². The van der Waals surface area contributed by atoms with Crippen LogP contribution in [-0.4, -0.2) is 22.3 Å². The molecule has 3 nitrogen and oxygen atoms in total. The number of nitrogens with one attached hydrogen (secondary N) is 1. The number of unbranched alkanes of at least 4 members (excludes halogenated alkanes) is 1. The zero-order valence-electron chi connectivity index (χ0n) is 12.3. The quantitative estimate of drug-likeness (QED) is 0.435. The average molecular weight is 279 g/mol. The van der Waals surface area contributed by atoms with Gasteiger partial charge in [0.15, 0.2) is 0 Å². The maximum absolute atomic E-state index is 4.79. The summed E-state index contributed by atoms with van der Waals surface area (Å²) in [6.07, 6.45) is 6.14. The molecule has 0 amide bonds. The van der Waals surface area contributed by atoms with Crippen LogP contribution in [0, 0.1) is 6.92 Å². The van der Waals surface area contributed by atoms with Crippen molar-refractivity contribution in [3.05, 3.63) is 11.4 Å². The molecule has 0 aliphatic heterocycles. The van der Waals surface area contributed by atoms with Gasteiger partial charge in [-0.05, 0) is 38.4 Å². The molecule has 0 radical (unpaired) electrons. The van der Waals surface area contributed by atoms with Crippen LogP contribution in [0.3, 0.4) is 0 Å². The highest BCUT2D eigenvalue weighted by Crippen LogP contribution is 2.40. The Bertz CT molecular complexity index is 416.